The number of carbonyl (C=O) groups is 1. The quantitative estimate of drug-likeness (QED) is 0.155. The van der Waals surface area contributed by atoms with Gasteiger partial charge >= 0.3 is 6.16 Å². The van der Waals surface area contributed by atoms with Crippen molar-refractivity contribution >= 4 is 6.16 Å². The second-order valence-corrected chi connectivity index (χ2v) is 4.59. The van der Waals surface area contributed by atoms with Crippen LogP contribution in [0.1, 0.15) is 0 Å². The Kier molecular flexibility index (Phi) is 15.9. The van der Waals surface area contributed by atoms with Crippen LogP contribution in [0.3, 0.4) is 0 Å². The van der Waals surface area contributed by atoms with Crippen molar-refractivity contribution in [3.05, 3.63) is 0 Å². The molecule has 1 amide bonds. The van der Waals surface area contributed by atoms with Gasteiger partial charge in [0.05, 0.1) is 26.4 Å². The molecule has 0 atom stereocenters. The second-order valence-electron chi connectivity index (χ2n) is 4.59. The smallest absolute Gasteiger partial charge is 0.379 e. The Balaban J connectivity index is 3.72. The Morgan fingerprint density at radius 2 is 1.50 bits per heavy atom. The van der Waals surface area contributed by atoms with Crippen LogP contribution in [0.2, 0.25) is 0 Å². The number of nitrogens with one attached hydrogen (secondary N) is 2. The molecule has 132 valence electrons. The highest BCUT2D eigenvalue weighted by Gasteiger charge is 2.05. The van der Waals surface area contributed by atoms with Gasteiger partial charge in [0.25, 0.3) is 0 Å². The summed E-state index contributed by atoms with van der Waals surface area (Å²) in [7, 11) is 0. The number of ether oxygens (including phenoxy) is 2. The normalized spacial score (nSPS) is 11.1. The minimum atomic E-state index is -1.50. The minimum absolute atomic E-state index is 0.272. The standard InChI is InChI=1S/C13H30FN5O3/c14-13(20)18-4-3-17-5-6-19(7-11-21-9-1-15)8-12-22-10-2-16/h17H,1-12,15-16H2,(H,18,20). The number of halogens is 1. The van der Waals surface area contributed by atoms with Gasteiger partial charge in [0, 0.05) is 52.4 Å². The fourth-order valence-corrected chi connectivity index (χ4v) is 1.70. The number of amides is 1. The molecule has 0 aliphatic rings. The predicted molar refractivity (Wildman–Crippen MR) is 83.6 cm³/mol. The van der Waals surface area contributed by atoms with Gasteiger partial charge in [0.15, 0.2) is 0 Å². The van der Waals surface area contributed by atoms with Crippen LogP contribution in [0.15, 0.2) is 0 Å². The van der Waals surface area contributed by atoms with E-state index >= 15 is 0 Å². The van der Waals surface area contributed by atoms with Crippen LogP contribution < -0.4 is 22.1 Å². The van der Waals surface area contributed by atoms with Crippen molar-refractivity contribution in [2.45, 2.75) is 0 Å². The molecule has 6 N–H and O–H groups in total. The number of nitrogens with zero attached hydrogens (tertiary/aromatic N) is 1. The zero-order chi connectivity index (χ0) is 16.5. The van der Waals surface area contributed by atoms with E-state index < -0.39 is 6.16 Å². The van der Waals surface area contributed by atoms with Crippen LogP contribution in [-0.4, -0.2) is 89.8 Å². The topological polar surface area (TPSA) is 115 Å². The van der Waals surface area contributed by atoms with Crippen LogP contribution in [0.4, 0.5) is 9.18 Å². The first kappa shape index (κ1) is 21.2. The van der Waals surface area contributed by atoms with Crippen molar-refractivity contribution in [3.63, 3.8) is 0 Å². The SMILES string of the molecule is NCCOCCN(CCNCCNC(=O)F)CCOCCN. The summed E-state index contributed by atoms with van der Waals surface area (Å²) in [4.78, 5) is 12.3. The minimum Gasteiger partial charge on any atom is -0.379 e. The molecule has 8 nitrogen and oxygen atoms in total. The molecule has 0 bridgehead atoms. The zero-order valence-corrected chi connectivity index (χ0v) is 13.2. The number of nitrogens with two attached hydrogens (primary N) is 2. The lowest BCUT2D eigenvalue weighted by Gasteiger charge is -2.22. The van der Waals surface area contributed by atoms with Gasteiger partial charge in [-0.15, -0.1) is 4.39 Å². The van der Waals surface area contributed by atoms with Gasteiger partial charge in [-0.05, 0) is 0 Å². The molecule has 0 saturated heterocycles. The summed E-state index contributed by atoms with van der Waals surface area (Å²) in [6, 6.07) is 0. The molecule has 0 aliphatic carbocycles. The van der Waals surface area contributed by atoms with E-state index in [1.807, 2.05) is 0 Å². The third-order valence-corrected chi connectivity index (χ3v) is 2.80. The molecular formula is C13H30FN5O3. The van der Waals surface area contributed by atoms with Gasteiger partial charge in [0.2, 0.25) is 0 Å². The van der Waals surface area contributed by atoms with E-state index in [1.54, 1.807) is 0 Å². The molecule has 0 unspecified atom stereocenters. The number of hydrogen-bond acceptors (Lipinski definition) is 7. The van der Waals surface area contributed by atoms with E-state index in [0.717, 1.165) is 26.2 Å². The molecule has 9 heteroatoms. The largest absolute Gasteiger partial charge is 0.397 e. The van der Waals surface area contributed by atoms with Crippen LogP contribution >= 0.6 is 0 Å². The summed E-state index contributed by atoms with van der Waals surface area (Å²) in [5, 5.41) is 5.21. The van der Waals surface area contributed by atoms with E-state index in [-0.39, 0.29) is 6.54 Å². The highest BCUT2D eigenvalue weighted by atomic mass is 19.1. The molecule has 0 aliphatic heterocycles. The van der Waals surface area contributed by atoms with Crippen LogP contribution in [0.25, 0.3) is 0 Å². The number of rotatable bonds is 16. The average Bonchev–Trinajstić information content (AvgIpc) is 2.50. The van der Waals surface area contributed by atoms with E-state index in [9.17, 15) is 9.18 Å². The van der Waals surface area contributed by atoms with Crippen LogP contribution in [0.5, 0.6) is 0 Å². The molecule has 0 aromatic rings. The highest BCUT2D eigenvalue weighted by Crippen LogP contribution is 1.89. The number of hydrogen-bond donors (Lipinski definition) is 4. The lowest BCUT2D eigenvalue weighted by Crippen LogP contribution is -2.38. The van der Waals surface area contributed by atoms with Crippen molar-refractivity contribution in [1.82, 2.24) is 15.5 Å². The summed E-state index contributed by atoms with van der Waals surface area (Å²) in [5.41, 5.74) is 10.7. The Morgan fingerprint density at radius 3 is 2.00 bits per heavy atom. The Bertz CT molecular complexity index is 250. The van der Waals surface area contributed by atoms with E-state index in [2.05, 4.69) is 15.5 Å². The summed E-state index contributed by atoms with van der Waals surface area (Å²) < 4.78 is 22.7. The van der Waals surface area contributed by atoms with Crippen molar-refractivity contribution in [2.75, 3.05) is 78.8 Å². The summed E-state index contributed by atoms with van der Waals surface area (Å²) in [6.45, 7) is 7.28. The fraction of sp³-hybridized carbons (Fsp3) is 0.923. The second kappa shape index (κ2) is 16.5. The first-order valence-corrected chi connectivity index (χ1v) is 7.62. The first-order valence-electron chi connectivity index (χ1n) is 7.62. The van der Waals surface area contributed by atoms with Gasteiger partial charge in [-0.2, -0.15) is 0 Å². The molecule has 0 fully saturated rings. The Hall–Kier alpha value is -0.840. The van der Waals surface area contributed by atoms with Crippen molar-refractivity contribution in [1.29, 1.82) is 0 Å². The molecule has 0 aromatic heterocycles. The molecule has 0 radical (unpaired) electrons. The summed E-state index contributed by atoms with van der Waals surface area (Å²) >= 11 is 0. The van der Waals surface area contributed by atoms with E-state index in [4.69, 9.17) is 20.9 Å². The lowest BCUT2D eigenvalue weighted by atomic mass is 10.4. The maximum absolute atomic E-state index is 11.9. The Morgan fingerprint density at radius 1 is 0.909 bits per heavy atom. The molecule has 22 heavy (non-hydrogen) atoms. The molecule has 0 spiro atoms. The monoisotopic (exact) mass is 323 g/mol. The lowest BCUT2D eigenvalue weighted by molar-refractivity contribution is 0.0796. The predicted octanol–water partition coefficient (Wildman–Crippen LogP) is -1.49. The molecule has 0 saturated carbocycles. The maximum Gasteiger partial charge on any atom is 0.397 e. The first-order chi connectivity index (χ1) is 10.7. The maximum atomic E-state index is 11.9. The third-order valence-electron chi connectivity index (χ3n) is 2.80. The molecule has 0 rings (SSSR count). The van der Waals surface area contributed by atoms with Crippen LogP contribution in [0, 0.1) is 0 Å². The molecule has 0 aromatic carbocycles. The summed E-state index contributed by atoms with van der Waals surface area (Å²) in [5.74, 6) is 0. The number of carbonyl (C=O) groups excluding carboxylic acids is 1. The molecule has 0 heterocycles. The van der Waals surface area contributed by atoms with Crippen molar-refractivity contribution in [3.8, 4) is 0 Å². The van der Waals surface area contributed by atoms with E-state index in [1.165, 1.54) is 0 Å². The Labute approximate surface area is 131 Å². The van der Waals surface area contributed by atoms with Gasteiger partial charge < -0.3 is 31.6 Å². The zero-order valence-electron chi connectivity index (χ0n) is 13.2. The summed E-state index contributed by atoms with van der Waals surface area (Å²) in [6.07, 6.45) is -1.50. The highest BCUT2D eigenvalue weighted by molar-refractivity contribution is 5.65. The molecular weight excluding hydrogens is 293 g/mol. The fourth-order valence-electron chi connectivity index (χ4n) is 1.70. The van der Waals surface area contributed by atoms with E-state index in [0.29, 0.717) is 46.1 Å². The average molecular weight is 323 g/mol. The van der Waals surface area contributed by atoms with Gasteiger partial charge in [-0.1, -0.05) is 0 Å². The van der Waals surface area contributed by atoms with Crippen molar-refractivity contribution in [2.24, 2.45) is 11.5 Å². The van der Waals surface area contributed by atoms with Gasteiger partial charge in [-0.3, -0.25) is 4.90 Å². The van der Waals surface area contributed by atoms with Crippen molar-refractivity contribution < 1.29 is 18.7 Å². The van der Waals surface area contributed by atoms with Gasteiger partial charge in [0.1, 0.15) is 0 Å². The van der Waals surface area contributed by atoms with Crippen LogP contribution in [-0.2, 0) is 9.47 Å². The third kappa shape index (κ3) is 15.5. The van der Waals surface area contributed by atoms with Gasteiger partial charge in [-0.25, -0.2) is 4.79 Å².